The number of carbonyl (C=O) groups excluding carboxylic acids is 1. The molecule has 7 nitrogen and oxygen atoms in total. The lowest BCUT2D eigenvalue weighted by molar-refractivity contribution is 0.0108. The summed E-state index contributed by atoms with van der Waals surface area (Å²) in [6.07, 6.45) is 8.75. The standard InChI is InChI=1S/C25H32FN5O2/c1-4-17-22(30-20-9-8-16(2)13-19(20)26)18(14-31-12-11-28-23(17)31)24(32)29-15-25(3,33)21-7-5-6-10-27-21/h8-9,11-14,21,27,30,33H,4-7,10,15H2,1-3H3,(H,29,32). The van der Waals surface area contributed by atoms with Gasteiger partial charge in [-0.15, -0.1) is 0 Å². The Hall–Kier alpha value is -2.97. The van der Waals surface area contributed by atoms with E-state index in [0.717, 1.165) is 36.9 Å². The van der Waals surface area contributed by atoms with Gasteiger partial charge in [-0.05, 0) is 57.4 Å². The van der Waals surface area contributed by atoms with E-state index in [1.54, 1.807) is 36.0 Å². The van der Waals surface area contributed by atoms with Crippen LogP contribution in [0.3, 0.4) is 0 Å². The maximum absolute atomic E-state index is 14.6. The van der Waals surface area contributed by atoms with Crippen molar-refractivity contribution in [3.05, 3.63) is 59.3 Å². The van der Waals surface area contributed by atoms with Crippen molar-refractivity contribution in [1.29, 1.82) is 0 Å². The lowest BCUT2D eigenvalue weighted by Gasteiger charge is -2.36. The van der Waals surface area contributed by atoms with Crippen molar-refractivity contribution in [2.75, 3.05) is 18.4 Å². The number of hydrogen-bond acceptors (Lipinski definition) is 5. The number of anilines is 2. The van der Waals surface area contributed by atoms with E-state index in [2.05, 4.69) is 20.9 Å². The van der Waals surface area contributed by atoms with E-state index < -0.39 is 11.4 Å². The number of hydrogen-bond donors (Lipinski definition) is 4. The molecule has 3 aromatic rings. The summed E-state index contributed by atoms with van der Waals surface area (Å²) in [6, 6.07) is 4.87. The Labute approximate surface area is 193 Å². The summed E-state index contributed by atoms with van der Waals surface area (Å²) in [6.45, 7) is 6.51. The Morgan fingerprint density at radius 1 is 1.39 bits per heavy atom. The molecule has 176 valence electrons. The van der Waals surface area contributed by atoms with E-state index in [1.165, 1.54) is 6.07 Å². The van der Waals surface area contributed by atoms with Crippen molar-refractivity contribution < 1.29 is 14.3 Å². The smallest absolute Gasteiger partial charge is 0.255 e. The summed E-state index contributed by atoms with van der Waals surface area (Å²) >= 11 is 0. The average Bonchev–Trinajstić information content (AvgIpc) is 3.27. The Kier molecular flexibility index (Phi) is 6.67. The second kappa shape index (κ2) is 9.49. The van der Waals surface area contributed by atoms with Gasteiger partial charge in [0.15, 0.2) is 0 Å². The van der Waals surface area contributed by atoms with Crippen molar-refractivity contribution >= 4 is 22.9 Å². The molecular weight excluding hydrogens is 421 g/mol. The molecular formula is C25H32FN5O2. The second-order valence-electron chi connectivity index (χ2n) is 9.06. The van der Waals surface area contributed by atoms with E-state index >= 15 is 0 Å². The zero-order valence-electron chi connectivity index (χ0n) is 19.4. The molecule has 0 aliphatic carbocycles. The first kappa shape index (κ1) is 23.2. The minimum Gasteiger partial charge on any atom is -0.387 e. The van der Waals surface area contributed by atoms with E-state index in [-0.39, 0.29) is 18.5 Å². The fraction of sp³-hybridized carbons (Fsp3) is 0.440. The van der Waals surface area contributed by atoms with Crippen LogP contribution < -0.4 is 16.0 Å². The summed E-state index contributed by atoms with van der Waals surface area (Å²) in [5.74, 6) is -0.732. The number of fused-ring (bicyclic) bond motifs is 1. The minimum atomic E-state index is -1.08. The lowest BCUT2D eigenvalue weighted by atomic mass is 9.89. The Morgan fingerprint density at radius 2 is 2.21 bits per heavy atom. The van der Waals surface area contributed by atoms with Gasteiger partial charge in [0.05, 0.1) is 22.5 Å². The van der Waals surface area contributed by atoms with Gasteiger partial charge in [-0.25, -0.2) is 9.37 Å². The molecule has 2 aromatic heterocycles. The number of benzene rings is 1. The molecule has 1 aliphatic heterocycles. The molecule has 1 aliphatic rings. The number of rotatable bonds is 7. The van der Waals surface area contributed by atoms with Gasteiger partial charge >= 0.3 is 0 Å². The third-order valence-electron chi connectivity index (χ3n) is 6.43. The van der Waals surface area contributed by atoms with Gasteiger partial charge in [0.2, 0.25) is 0 Å². The highest BCUT2D eigenvalue weighted by atomic mass is 19.1. The van der Waals surface area contributed by atoms with Crippen molar-refractivity contribution in [1.82, 2.24) is 20.0 Å². The van der Waals surface area contributed by atoms with Crippen LogP contribution in [0.15, 0.2) is 36.8 Å². The monoisotopic (exact) mass is 453 g/mol. The molecule has 3 heterocycles. The first-order valence-electron chi connectivity index (χ1n) is 11.6. The number of aliphatic hydroxyl groups is 1. The van der Waals surface area contributed by atoms with Gasteiger partial charge in [-0.1, -0.05) is 19.4 Å². The maximum atomic E-state index is 14.6. The van der Waals surface area contributed by atoms with Crippen molar-refractivity contribution in [2.24, 2.45) is 0 Å². The summed E-state index contributed by atoms with van der Waals surface area (Å²) < 4.78 is 16.4. The molecule has 1 saturated heterocycles. The first-order valence-corrected chi connectivity index (χ1v) is 11.6. The normalized spacial score (nSPS) is 18.2. The molecule has 33 heavy (non-hydrogen) atoms. The fourth-order valence-electron chi connectivity index (χ4n) is 4.50. The summed E-state index contributed by atoms with van der Waals surface area (Å²) in [5, 5.41) is 20.4. The molecule has 2 atom stereocenters. The molecule has 4 N–H and O–H groups in total. The third kappa shape index (κ3) is 4.86. The number of pyridine rings is 1. The predicted molar refractivity (Wildman–Crippen MR) is 128 cm³/mol. The summed E-state index contributed by atoms with van der Waals surface area (Å²) in [5.41, 5.74) is 2.43. The average molecular weight is 454 g/mol. The zero-order valence-corrected chi connectivity index (χ0v) is 19.4. The van der Waals surface area contributed by atoms with Gasteiger partial charge < -0.3 is 25.5 Å². The van der Waals surface area contributed by atoms with Crippen LogP contribution in [0.2, 0.25) is 0 Å². The highest BCUT2D eigenvalue weighted by Gasteiger charge is 2.33. The number of nitrogens with one attached hydrogen (secondary N) is 3. The quantitative estimate of drug-likeness (QED) is 0.438. The molecule has 1 aromatic carbocycles. The van der Waals surface area contributed by atoms with Crippen LogP contribution in [0.25, 0.3) is 5.65 Å². The van der Waals surface area contributed by atoms with E-state index in [0.29, 0.717) is 29.0 Å². The van der Waals surface area contributed by atoms with Crippen LogP contribution in [-0.4, -0.2) is 45.1 Å². The Bertz CT molecular complexity index is 1150. The van der Waals surface area contributed by atoms with Crippen molar-refractivity contribution in [2.45, 2.75) is 58.1 Å². The van der Waals surface area contributed by atoms with Crippen LogP contribution in [0, 0.1) is 12.7 Å². The van der Waals surface area contributed by atoms with Crippen LogP contribution in [0.1, 0.15) is 54.6 Å². The summed E-state index contributed by atoms with van der Waals surface area (Å²) in [7, 11) is 0. The Balaban J connectivity index is 1.66. The number of halogens is 1. The zero-order chi connectivity index (χ0) is 23.6. The topological polar surface area (TPSA) is 90.7 Å². The lowest BCUT2D eigenvalue weighted by Crippen LogP contribution is -2.56. The van der Waals surface area contributed by atoms with Gasteiger partial charge in [-0.3, -0.25) is 4.79 Å². The molecule has 0 bridgehead atoms. The highest BCUT2D eigenvalue weighted by Crippen LogP contribution is 2.30. The van der Waals surface area contributed by atoms with Gasteiger partial charge in [-0.2, -0.15) is 0 Å². The number of aryl methyl sites for hydroxylation is 2. The number of carbonyl (C=O) groups is 1. The Morgan fingerprint density at radius 3 is 2.91 bits per heavy atom. The molecule has 0 saturated carbocycles. The number of piperidine rings is 1. The van der Waals surface area contributed by atoms with Gasteiger partial charge in [0.25, 0.3) is 5.91 Å². The van der Waals surface area contributed by atoms with E-state index in [1.807, 2.05) is 19.9 Å². The van der Waals surface area contributed by atoms with E-state index in [9.17, 15) is 14.3 Å². The highest BCUT2D eigenvalue weighted by molar-refractivity contribution is 6.02. The molecule has 2 unspecified atom stereocenters. The largest absolute Gasteiger partial charge is 0.387 e. The second-order valence-corrected chi connectivity index (χ2v) is 9.06. The maximum Gasteiger partial charge on any atom is 0.255 e. The molecule has 0 spiro atoms. The molecule has 1 amide bonds. The SMILES string of the molecule is CCc1c(Nc2ccc(C)cc2F)c(C(=O)NCC(C)(O)C2CCCCN2)cn2ccnc12. The summed E-state index contributed by atoms with van der Waals surface area (Å²) in [4.78, 5) is 17.8. The predicted octanol–water partition coefficient (Wildman–Crippen LogP) is 3.71. The first-order chi connectivity index (χ1) is 15.8. The van der Waals surface area contributed by atoms with Crippen LogP contribution in [-0.2, 0) is 6.42 Å². The molecule has 0 radical (unpaired) electrons. The molecule has 8 heteroatoms. The van der Waals surface area contributed by atoms with Crippen LogP contribution in [0.4, 0.5) is 15.8 Å². The fourth-order valence-corrected chi connectivity index (χ4v) is 4.50. The molecule has 1 fully saturated rings. The van der Waals surface area contributed by atoms with Crippen LogP contribution in [0.5, 0.6) is 0 Å². The van der Waals surface area contributed by atoms with Gasteiger partial charge in [0.1, 0.15) is 11.5 Å². The number of aromatic nitrogens is 2. The number of nitrogens with zero attached hydrogens (tertiary/aromatic N) is 2. The van der Waals surface area contributed by atoms with Crippen molar-refractivity contribution in [3.63, 3.8) is 0 Å². The van der Waals surface area contributed by atoms with Crippen LogP contribution >= 0.6 is 0 Å². The molecule has 4 rings (SSSR count). The van der Waals surface area contributed by atoms with E-state index in [4.69, 9.17) is 0 Å². The number of imidazole rings is 1. The number of amides is 1. The minimum absolute atomic E-state index is 0.0758. The third-order valence-corrected chi connectivity index (χ3v) is 6.43. The van der Waals surface area contributed by atoms with Crippen molar-refractivity contribution in [3.8, 4) is 0 Å². The van der Waals surface area contributed by atoms with Gasteiger partial charge in [0, 0.05) is 36.7 Å².